The van der Waals surface area contributed by atoms with Crippen molar-refractivity contribution in [2.75, 3.05) is 0 Å². The minimum Gasteiger partial charge on any atom is -0.0617 e. The van der Waals surface area contributed by atoms with Crippen molar-refractivity contribution in [3.05, 3.63) is 169 Å². The summed E-state index contributed by atoms with van der Waals surface area (Å²) in [4.78, 5) is 0. The van der Waals surface area contributed by atoms with Crippen LogP contribution in [0.25, 0.3) is 121 Å². The van der Waals surface area contributed by atoms with Crippen LogP contribution in [0.3, 0.4) is 0 Å². The Kier molecular flexibility index (Phi) is 5.46. The van der Waals surface area contributed by atoms with E-state index in [9.17, 15) is 0 Å². The Morgan fingerprint density at radius 2 is 0.808 bits per heavy atom. The molecule has 0 N–H and O–H groups in total. The Labute approximate surface area is 302 Å². The molecule has 0 atom stereocenters. The van der Waals surface area contributed by atoms with Crippen LogP contribution in [0.5, 0.6) is 0 Å². The molecule has 0 saturated carbocycles. The van der Waals surface area contributed by atoms with Crippen molar-refractivity contribution >= 4 is 53.9 Å². The van der Waals surface area contributed by atoms with E-state index in [1.807, 2.05) is 0 Å². The second-order valence-corrected chi connectivity index (χ2v) is 14.9. The summed E-state index contributed by atoms with van der Waals surface area (Å²) in [7, 11) is 0. The molecule has 52 heavy (non-hydrogen) atoms. The molecule has 0 unspecified atom stereocenters. The largest absolute Gasteiger partial charge is 0.0617 e. The SMILES string of the molecule is Cc1cccc(C)c1-c1ccc2cc3c(cc2c1)-c1cccc2c1c-3cc1c3ccccc3c(-c3ccc4c5c(cccc35)-c3ccccc3-4)cc21. The van der Waals surface area contributed by atoms with Gasteiger partial charge >= 0.3 is 0 Å². The Bertz CT molecular complexity index is 3200. The first-order valence-electron chi connectivity index (χ1n) is 18.3. The van der Waals surface area contributed by atoms with Crippen LogP contribution in [-0.2, 0) is 0 Å². The summed E-state index contributed by atoms with van der Waals surface area (Å²) < 4.78 is 0. The molecule has 10 aromatic carbocycles. The van der Waals surface area contributed by atoms with Crippen LogP contribution in [0.2, 0.25) is 0 Å². The van der Waals surface area contributed by atoms with Gasteiger partial charge in [-0.15, -0.1) is 0 Å². The second kappa shape index (κ2) is 10.1. The summed E-state index contributed by atoms with van der Waals surface area (Å²) in [6, 6.07) is 59.8. The lowest BCUT2D eigenvalue weighted by molar-refractivity contribution is 1.38. The molecular weight excluding hydrogens is 625 g/mol. The van der Waals surface area contributed by atoms with E-state index in [4.69, 9.17) is 0 Å². The van der Waals surface area contributed by atoms with Gasteiger partial charge in [-0.3, -0.25) is 0 Å². The summed E-state index contributed by atoms with van der Waals surface area (Å²) in [6.45, 7) is 4.44. The third-order valence-corrected chi connectivity index (χ3v) is 12.2. The predicted octanol–water partition coefficient (Wildman–Crippen LogP) is 14.7. The predicted molar refractivity (Wildman–Crippen MR) is 223 cm³/mol. The van der Waals surface area contributed by atoms with E-state index in [0.29, 0.717) is 0 Å². The van der Waals surface area contributed by atoms with Gasteiger partial charge < -0.3 is 0 Å². The Morgan fingerprint density at radius 3 is 1.62 bits per heavy atom. The second-order valence-electron chi connectivity index (χ2n) is 14.9. The first-order valence-corrected chi connectivity index (χ1v) is 18.3. The molecular formula is C52H32. The third-order valence-electron chi connectivity index (χ3n) is 12.2. The van der Waals surface area contributed by atoms with E-state index in [1.165, 1.54) is 132 Å². The summed E-state index contributed by atoms with van der Waals surface area (Å²) in [5, 5.41) is 13.2. The molecule has 0 bridgehead atoms. The first kappa shape index (κ1) is 28.2. The van der Waals surface area contributed by atoms with Gasteiger partial charge in [-0.25, -0.2) is 0 Å². The van der Waals surface area contributed by atoms with Gasteiger partial charge in [0.05, 0.1) is 0 Å². The number of hydrogen-bond donors (Lipinski definition) is 0. The molecule has 10 aromatic rings. The zero-order chi connectivity index (χ0) is 34.2. The van der Waals surface area contributed by atoms with Crippen LogP contribution in [0.15, 0.2) is 158 Å². The van der Waals surface area contributed by atoms with Crippen molar-refractivity contribution < 1.29 is 0 Å². The number of rotatable bonds is 2. The van der Waals surface area contributed by atoms with E-state index in [0.717, 1.165) is 0 Å². The van der Waals surface area contributed by atoms with Crippen molar-refractivity contribution in [1.82, 2.24) is 0 Å². The van der Waals surface area contributed by atoms with Gasteiger partial charge in [0.2, 0.25) is 0 Å². The highest BCUT2D eigenvalue weighted by Crippen LogP contribution is 2.54. The molecule has 12 rings (SSSR count). The van der Waals surface area contributed by atoms with Crippen LogP contribution in [0, 0.1) is 13.8 Å². The molecule has 0 saturated heterocycles. The molecule has 0 heteroatoms. The lowest BCUT2D eigenvalue weighted by Gasteiger charge is -2.16. The maximum absolute atomic E-state index is 2.49. The molecule has 0 aromatic heterocycles. The highest BCUT2D eigenvalue weighted by Gasteiger charge is 2.26. The lowest BCUT2D eigenvalue weighted by atomic mass is 9.87. The average Bonchev–Trinajstić information content (AvgIpc) is 3.67. The fourth-order valence-electron chi connectivity index (χ4n) is 9.93. The van der Waals surface area contributed by atoms with Crippen LogP contribution in [-0.4, -0.2) is 0 Å². The summed E-state index contributed by atoms with van der Waals surface area (Å²) in [5.74, 6) is 0. The quantitative estimate of drug-likeness (QED) is 0.162. The van der Waals surface area contributed by atoms with E-state index in [2.05, 4.69) is 172 Å². The molecule has 2 aliphatic rings. The van der Waals surface area contributed by atoms with Gasteiger partial charge in [-0.2, -0.15) is 0 Å². The Morgan fingerprint density at radius 1 is 0.269 bits per heavy atom. The first-order chi connectivity index (χ1) is 25.6. The molecule has 0 spiro atoms. The van der Waals surface area contributed by atoms with Gasteiger partial charge in [-0.05, 0) is 176 Å². The van der Waals surface area contributed by atoms with E-state index < -0.39 is 0 Å². The van der Waals surface area contributed by atoms with Crippen molar-refractivity contribution in [1.29, 1.82) is 0 Å². The van der Waals surface area contributed by atoms with Gasteiger partial charge in [0.25, 0.3) is 0 Å². The summed E-state index contributed by atoms with van der Waals surface area (Å²) in [5.41, 5.74) is 18.5. The highest BCUT2D eigenvalue weighted by atomic mass is 14.3. The Hall–Kier alpha value is -6.50. The minimum atomic E-state index is 1.28. The lowest BCUT2D eigenvalue weighted by Crippen LogP contribution is -1.89. The molecule has 0 aliphatic heterocycles. The fraction of sp³-hybridized carbons (Fsp3) is 0.0385. The van der Waals surface area contributed by atoms with E-state index in [-0.39, 0.29) is 0 Å². The molecule has 0 fully saturated rings. The molecule has 240 valence electrons. The maximum Gasteiger partial charge on any atom is -0.00199 e. The van der Waals surface area contributed by atoms with Crippen molar-refractivity contribution in [3.8, 4) is 66.8 Å². The monoisotopic (exact) mass is 656 g/mol. The van der Waals surface area contributed by atoms with Crippen LogP contribution >= 0.6 is 0 Å². The summed E-state index contributed by atoms with van der Waals surface area (Å²) in [6.07, 6.45) is 0. The zero-order valence-corrected chi connectivity index (χ0v) is 29.0. The standard InChI is InChI=1S/C52H32/c1-29-10-7-11-30(2)50(29)32-21-20-31-25-45-44(26-33(31)24-32)41-18-9-19-42-48-27-46(36-14-5-6-15-37(36)47(48)28-49(45)52(41)42)38-22-23-43-35-13-4-3-12-34(35)39-16-8-17-40(38)51(39)43/h3-28H,1-2H3. The smallest absolute Gasteiger partial charge is 0.00199 e. The van der Waals surface area contributed by atoms with Crippen LogP contribution in [0.1, 0.15) is 11.1 Å². The van der Waals surface area contributed by atoms with Gasteiger partial charge in [0.15, 0.2) is 0 Å². The van der Waals surface area contributed by atoms with E-state index in [1.54, 1.807) is 0 Å². The number of fused-ring (bicyclic) bond motifs is 11. The van der Waals surface area contributed by atoms with Crippen molar-refractivity contribution in [2.24, 2.45) is 0 Å². The normalized spacial score (nSPS) is 12.4. The molecule has 0 nitrogen and oxygen atoms in total. The molecule has 0 heterocycles. The van der Waals surface area contributed by atoms with Crippen LogP contribution < -0.4 is 0 Å². The number of benzene rings is 10. The number of hydrogen-bond acceptors (Lipinski definition) is 0. The van der Waals surface area contributed by atoms with Crippen molar-refractivity contribution in [2.45, 2.75) is 13.8 Å². The third kappa shape index (κ3) is 3.61. The molecule has 0 radical (unpaired) electrons. The van der Waals surface area contributed by atoms with E-state index >= 15 is 0 Å². The fourth-order valence-corrected chi connectivity index (χ4v) is 9.93. The van der Waals surface area contributed by atoms with Gasteiger partial charge in [0.1, 0.15) is 0 Å². The molecule has 0 amide bonds. The number of aryl methyl sites for hydroxylation is 2. The molecule has 2 aliphatic carbocycles. The topological polar surface area (TPSA) is 0 Å². The summed E-state index contributed by atoms with van der Waals surface area (Å²) >= 11 is 0. The van der Waals surface area contributed by atoms with Gasteiger partial charge in [-0.1, -0.05) is 127 Å². The van der Waals surface area contributed by atoms with Gasteiger partial charge in [0, 0.05) is 0 Å². The Balaban J connectivity index is 1.12. The average molecular weight is 657 g/mol. The maximum atomic E-state index is 2.49. The van der Waals surface area contributed by atoms with Crippen LogP contribution in [0.4, 0.5) is 0 Å². The zero-order valence-electron chi connectivity index (χ0n) is 29.0. The van der Waals surface area contributed by atoms with Crippen molar-refractivity contribution in [3.63, 3.8) is 0 Å². The highest BCUT2D eigenvalue weighted by molar-refractivity contribution is 6.30. The minimum absolute atomic E-state index is 1.28.